The average molecular weight is 272 g/mol. The summed E-state index contributed by atoms with van der Waals surface area (Å²) in [6.45, 7) is 0. The summed E-state index contributed by atoms with van der Waals surface area (Å²) >= 11 is 1.54. The monoisotopic (exact) mass is 272 g/mol. The van der Waals surface area contributed by atoms with Gasteiger partial charge in [0.15, 0.2) is 4.96 Å². The van der Waals surface area contributed by atoms with E-state index in [0.29, 0.717) is 6.42 Å². The first-order valence-corrected chi connectivity index (χ1v) is 6.84. The lowest BCUT2D eigenvalue weighted by Crippen LogP contribution is -1.99. The van der Waals surface area contributed by atoms with E-state index in [1.165, 1.54) is 0 Å². The molecule has 0 saturated heterocycles. The largest absolute Gasteiger partial charge is 0.481 e. The highest BCUT2D eigenvalue weighted by Crippen LogP contribution is 2.23. The molecule has 0 amide bonds. The fourth-order valence-electron chi connectivity index (χ4n) is 1.99. The van der Waals surface area contributed by atoms with Gasteiger partial charge in [-0.15, -0.1) is 11.3 Å². The Balaban J connectivity index is 1.96. The second-order valence-electron chi connectivity index (χ2n) is 4.27. The van der Waals surface area contributed by atoms with E-state index in [4.69, 9.17) is 5.11 Å². The van der Waals surface area contributed by atoms with E-state index in [9.17, 15) is 4.79 Å². The van der Waals surface area contributed by atoms with E-state index >= 15 is 0 Å². The van der Waals surface area contributed by atoms with Crippen molar-refractivity contribution >= 4 is 22.3 Å². The Morgan fingerprint density at radius 3 is 2.84 bits per heavy atom. The van der Waals surface area contributed by atoms with Crippen LogP contribution in [0.1, 0.15) is 12.1 Å². The molecule has 0 aliphatic rings. The van der Waals surface area contributed by atoms with Gasteiger partial charge in [-0.2, -0.15) is 0 Å². The van der Waals surface area contributed by atoms with Crippen LogP contribution in [-0.4, -0.2) is 20.5 Å². The van der Waals surface area contributed by atoms with Gasteiger partial charge in [-0.3, -0.25) is 9.20 Å². The Kier molecular flexibility index (Phi) is 3.05. The van der Waals surface area contributed by atoms with Crippen LogP contribution in [0.2, 0.25) is 0 Å². The molecule has 0 fully saturated rings. The topological polar surface area (TPSA) is 54.6 Å². The van der Waals surface area contributed by atoms with Crippen LogP contribution in [0.3, 0.4) is 0 Å². The quantitative estimate of drug-likeness (QED) is 0.794. The summed E-state index contributed by atoms with van der Waals surface area (Å²) in [5, 5.41) is 10.7. The van der Waals surface area contributed by atoms with E-state index in [-0.39, 0.29) is 6.42 Å². The second-order valence-corrected chi connectivity index (χ2v) is 5.10. The molecule has 0 saturated carbocycles. The van der Waals surface area contributed by atoms with Crippen LogP contribution in [-0.2, 0) is 11.2 Å². The number of fused-ring (bicyclic) bond motifs is 1. The molecular formula is C14H12N2O2S. The molecule has 0 spiro atoms. The Hall–Kier alpha value is -2.14. The zero-order chi connectivity index (χ0) is 13.2. The molecule has 96 valence electrons. The second kappa shape index (κ2) is 4.85. The minimum absolute atomic E-state index is 0.144. The number of aryl methyl sites for hydroxylation is 1. The van der Waals surface area contributed by atoms with Gasteiger partial charge in [0.05, 0.1) is 12.1 Å². The van der Waals surface area contributed by atoms with Crippen molar-refractivity contribution < 1.29 is 9.90 Å². The standard InChI is InChI=1S/C14H12N2O2S/c17-13(18)7-6-11-9-19-14-15-12(8-16(11)14)10-4-2-1-3-5-10/h1-5,8-9H,6-7H2,(H,17,18). The van der Waals surface area contributed by atoms with Gasteiger partial charge in [0, 0.05) is 22.8 Å². The Morgan fingerprint density at radius 1 is 1.32 bits per heavy atom. The fraction of sp³-hybridized carbons (Fsp3) is 0.143. The van der Waals surface area contributed by atoms with Crippen LogP contribution >= 0.6 is 11.3 Å². The summed E-state index contributed by atoms with van der Waals surface area (Å²) in [4.78, 5) is 16.1. The first kappa shape index (κ1) is 11.9. The van der Waals surface area contributed by atoms with Gasteiger partial charge in [-0.05, 0) is 6.42 Å². The van der Waals surface area contributed by atoms with Gasteiger partial charge in [0.1, 0.15) is 0 Å². The van der Waals surface area contributed by atoms with Crippen molar-refractivity contribution in [3.63, 3.8) is 0 Å². The van der Waals surface area contributed by atoms with Gasteiger partial charge in [0.2, 0.25) is 0 Å². The maximum absolute atomic E-state index is 10.6. The summed E-state index contributed by atoms with van der Waals surface area (Å²) in [6, 6.07) is 9.97. The molecule has 4 nitrogen and oxygen atoms in total. The fourth-order valence-corrected chi connectivity index (χ4v) is 2.90. The summed E-state index contributed by atoms with van der Waals surface area (Å²) in [7, 11) is 0. The number of rotatable bonds is 4. The molecule has 2 aromatic heterocycles. The maximum atomic E-state index is 10.6. The third kappa shape index (κ3) is 2.37. The lowest BCUT2D eigenvalue weighted by atomic mass is 10.2. The summed E-state index contributed by atoms with van der Waals surface area (Å²) in [5.74, 6) is -0.775. The molecule has 19 heavy (non-hydrogen) atoms. The zero-order valence-electron chi connectivity index (χ0n) is 10.1. The minimum atomic E-state index is -0.775. The van der Waals surface area contributed by atoms with Gasteiger partial charge in [0.25, 0.3) is 0 Å². The number of aliphatic carboxylic acids is 1. The normalized spacial score (nSPS) is 10.9. The summed E-state index contributed by atoms with van der Waals surface area (Å²) in [5.41, 5.74) is 2.99. The van der Waals surface area contributed by atoms with Crippen molar-refractivity contribution in [3.8, 4) is 11.3 Å². The molecule has 0 unspecified atom stereocenters. The maximum Gasteiger partial charge on any atom is 0.303 e. The average Bonchev–Trinajstić information content (AvgIpc) is 2.97. The predicted octanol–water partition coefficient (Wildman–Crippen LogP) is 3.08. The van der Waals surface area contributed by atoms with E-state index in [1.807, 2.05) is 46.3 Å². The smallest absolute Gasteiger partial charge is 0.303 e. The Morgan fingerprint density at radius 2 is 2.11 bits per heavy atom. The van der Waals surface area contributed by atoms with Crippen LogP contribution in [0.25, 0.3) is 16.2 Å². The minimum Gasteiger partial charge on any atom is -0.481 e. The highest BCUT2D eigenvalue weighted by molar-refractivity contribution is 7.15. The van der Waals surface area contributed by atoms with Crippen molar-refractivity contribution in [2.45, 2.75) is 12.8 Å². The van der Waals surface area contributed by atoms with Gasteiger partial charge in [-0.25, -0.2) is 4.98 Å². The van der Waals surface area contributed by atoms with Crippen molar-refractivity contribution in [2.24, 2.45) is 0 Å². The molecule has 2 heterocycles. The van der Waals surface area contributed by atoms with E-state index in [2.05, 4.69) is 4.98 Å². The molecule has 1 aromatic carbocycles. The molecule has 5 heteroatoms. The highest BCUT2D eigenvalue weighted by atomic mass is 32.1. The zero-order valence-corrected chi connectivity index (χ0v) is 10.9. The van der Waals surface area contributed by atoms with E-state index < -0.39 is 5.97 Å². The van der Waals surface area contributed by atoms with Crippen molar-refractivity contribution in [1.82, 2.24) is 9.38 Å². The third-order valence-electron chi connectivity index (χ3n) is 2.95. The third-order valence-corrected chi connectivity index (χ3v) is 3.84. The molecule has 3 aromatic rings. The van der Waals surface area contributed by atoms with Crippen LogP contribution in [0.15, 0.2) is 41.9 Å². The van der Waals surface area contributed by atoms with Crippen molar-refractivity contribution in [3.05, 3.63) is 47.6 Å². The highest BCUT2D eigenvalue weighted by Gasteiger charge is 2.10. The first-order chi connectivity index (χ1) is 9.24. The molecule has 0 aliphatic heterocycles. The number of benzene rings is 1. The molecular weight excluding hydrogens is 260 g/mol. The molecule has 3 rings (SSSR count). The van der Waals surface area contributed by atoms with Gasteiger partial charge >= 0.3 is 5.97 Å². The number of nitrogens with zero attached hydrogens (tertiary/aromatic N) is 2. The lowest BCUT2D eigenvalue weighted by molar-refractivity contribution is -0.136. The van der Waals surface area contributed by atoms with E-state index in [1.54, 1.807) is 11.3 Å². The summed E-state index contributed by atoms with van der Waals surface area (Å²) < 4.78 is 1.98. The number of hydrogen-bond acceptors (Lipinski definition) is 3. The number of carbonyl (C=O) groups is 1. The van der Waals surface area contributed by atoms with Crippen LogP contribution in [0, 0.1) is 0 Å². The number of carboxylic acids is 1. The lowest BCUT2D eigenvalue weighted by Gasteiger charge is -1.96. The van der Waals surface area contributed by atoms with Gasteiger partial charge in [-0.1, -0.05) is 30.3 Å². The number of hydrogen-bond donors (Lipinski definition) is 1. The number of thiazole rings is 1. The van der Waals surface area contributed by atoms with Gasteiger partial charge < -0.3 is 5.11 Å². The number of aromatic nitrogens is 2. The Labute approximate surface area is 114 Å². The first-order valence-electron chi connectivity index (χ1n) is 5.97. The Bertz CT molecular complexity index is 715. The number of carboxylic acid groups (broad SMARTS) is 1. The number of imidazole rings is 1. The molecule has 0 atom stereocenters. The van der Waals surface area contributed by atoms with Crippen molar-refractivity contribution in [2.75, 3.05) is 0 Å². The molecule has 0 bridgehead atoms. The van der Waals surface area contributed by atoms with Crippen LogP contribution < -0.4 is 0 Å². The molecule has 1 N–H and O–H groups in total. The SMILES string of the molecule is O=C(O)CCc1csc2nc(-c3ccccc3)cn12. The van der Waals surface area contributed by atoms with Crippen LogP contribution in [0.4, 0.5) is 0 Å². The van der Waals surface area contributed by atoms with Crippen molar-refractivity contribution in [1.29, 1.82) is 0 Å². The summed E-state index contributed by atoms with van der Waals surface area (Å²) in [6.07, 6.45) is 2.64. The van der Waals surface area contributed by atoms with E-state index in [0.717, 1.165) is 21.9 Å². The van der Waals surface area contributed by atoms with Crippen LogP contribution in [0.5, 0.6) is 0 Å². The molecule has 0 radical (unpaired) electrons. The molecule has 0 aliphatic carbocycles. The predicted molar refractivity (Wildman–Crippen MR) is 74.5 cm³/mol.